The zero-order valence-corrected chi connectivity index (χ0v) is 12.5. The molecule has 0 fully saturated rings. The normalized spacial score (nSPS) is 10.3. The fourth-order valence-corrected chi connectivity index (χ4v) is 2.28. The van der Waals surface area contributed by atoms with Gasteiger partial charge < -0.3 is 5.32 Å². The highest BCUT2D eigenvalue weighted by Crippen LogP contribution is 2.18. The maximum absolute atomic E-state index is 13.7. The lowest BCUT2D eigenvalue weighted by Crippen LogP contribution is -2.25. The molecule has 104 valence electrons. The van der Waals surface area contributed by atoms with Crippen molar-refractivity contribution in [3.05, 3.63) is 69.9 Å². The predicted molar refractivity (Wildman–Crippen MR) is 81.2 cm³/mol. The first-order valence-electron chi connectivity index (χ1n) is 6.44. The number of hydrogen-bond acceptors (Lipinski definition) is 1. The van der Waals surface area contributed by atoms with Crippen molar-refractivity contribution in [3.8, 4) is 0 Å². The first kappa shape index (κ1) is 14.7. The number of halogens is 2. The lowest BCUT2D eigenvalue weighted by molar-refractivity contribution is 0.0949. The lowest BCUT2D eigenvalue weighted by Gasteiger charge is -2.07. The molecule has 2 rings (SSSR count). The summed E-state index contributed by atoms with van der Waals surface area (Å²) in [5.74, 6) is -0.898. The highest BCUT2D eigenvalue weighted by atomic mass is 79.9. The van der Waals surface area contributed by atoms with Crippen LogP contribution in [0.2, 0.25) is 0 Å². The summed E-state index contributed by atoms with van der Waals surface area (Å²) in [5, 5.41) is 2.74. The quantitative estimate of drug-likeness (QED) is 0.823. The molecule has 0 radical (unpaired) electrons. The van der Waals surface area contributed by atoms with Gasteiger partial charge in [-0.05, 0) is 46.5 Å². The summed E-state index contributed by atoms with van der Waals surface area (Å²) in [6, 6.07) is 14.8. The number of rotatable bonds is 5. The molecule has 0 spiro atoms. The van der Waals surface area contributed by atoms with Crippen LogP contribution in [-0.4, -0.2) is 12.5 Å². The van der Waals surface area contributed by atoms with Crippen molar-refractivity contribution >= 4 is 21.8 Å². The van der Waals surface area contributed by atoms with Gasteiger partial charge in [-0.3, -0.25) is 4.79 Å². The average molecular weight is 336 g/mol. The molecule has 4 heteroatoms. The molecule has 2 aromatic rings. The second-order valence-electron chi connectivity index (χ2n) is 4.45. The second kappa shape index (κ2) is 7.20. The number of benzene rings is 2. The minimum Gasteiger partial charge on any atom is -0.352 e. The molecule has 0 atom stereocenters. The Balaban J connectivity index is 1.82. The van der Waals surface area contributed by atoms with E-state index in [1.807, 2.05) is 18.2 Å². The van der Waals surface area contributed by atoms with E-state index in [-0.39, 0.29) is 11.5 Å². The van der Waals surface area contributed by atoms with Crippen molar-refractivity contribution in [1.82, 2.24) is 5.32 Å². The van der Waals surface area contributed by atoms with Gasteiger partial charge in [0.2, 0.25) is 0 Å². The van der Waals surface area contributed by atoms with Crippen molar-refractivity contribution in [2.75, 3.05) is 6.54 Å². The molecule has 0 aromatic heterocycles. The largest absolute Gasteiger partial charge is 0.352 e. The van der Waals surface area contributed by atoms with Gasteiger partial charge in [-0.1, -0.05) is 36.4 Å². The van der Waals surface area contributed by atoms with Crippen LogP contribution < -0.4 is 5.32 Å². The monoisotopic (exact) mass is 335 g/mol. The minimum absolute atomic E-state index is 0.0686. The summed E-state index contributed by atoms with van der Waals surface area (Å²) in [4.78, 5) is 11.9. The lowest BCUT2D eigenvalue weighted by atomic mass is 10.1. The Morgan fingerprint density at radius 1 is 1.10 bits per heavy atom. The van der Waals surface area contributed by atoms with E-state index in [1.54, 1.807) is 12.1 Å². The maximum Gasteiger partial charge on any atom is 0.254 e. The summed E-state index contributed by atoms with van der Waals surface area (Å²) in [6.45, 7) is 0.527. The number of hydrogen-bond donors (Lipinski definition) is 1. The standard InChI is InChI=1S/C16H15BrFNO/c17-14-10-4-9-13(15(14)18)16(20)19-11-5-8-12-6-2-1-3-7-12/h1-4,6-7,9-10H,5,8,11H2,(H,19,20). The fourth-order valence-electron chi connectivity index (χ4n) is 1.91. The molecule has 0 aliphatic carbocycles. The Kier molecular flexibility index (Phi) is 5.30. The van der Waals surface area contributed by atoms with E-state index in [9.17, 15) is 9.18 Å². The van der Waals surface area contributed by atoms with E-state index in [2.05, 4.69) is 33.4 Å². The van der Waals surface area contributed by atoms with Crippen LogP contribution in [0.5, 0.6) is 0 Å². The minimum atomic E-state index is -0.520. The van der Waals surface area contributed by atoms with E-state index >= 15 is 0 Å². The van der Waals surface area contributed by atoms with Crippen molar-refractivity contribution in [2.24, 2.45) is 0 Å². The number of aryl methyl sites for hydroxylation is 1. The molecule has 1 N–H and O–H groups in total. The van der Waals surface area contributed by atoms with Crippen molar-refractivity contribution in [2.45, 2.75) is 12.8 Å². The van der Waals surface area contributed by atoms with E-state index in [1.165, 1.54) is 11.6 Å². The Bertz CT molecular complexity index is 586. The molecule has 0 aliphatic heterocycles. The molecule has 0 saturated carbocycles. The van der Waals surface area contributed by atoms with Gasteiger partial charge in [0.1, 0.15) is 5.82 Å². The summed E-state index contributed by atoms with van der Waals surface area (Å²) < 4.78 is 14.0. The van der Waals surface area contributed by atoms with Crippen LogP contribution in [0, 0.1) is 5.82 Å². The van der Waals surface area contributed by atoms with Crippen molar-refractivity contribution in [1.29, 1.82) is 0 Å². The zero-order valence-electron chi connectivity index (χ0n) is 10.9. The van der Waals surface area contributed by atoms with Gasteiger partial charge in [0.25, 0.3) is 5.91 Å². The molecular formula is C16H15BrFNO. The van der Waals surface area contributed by atoms with Crippen LogP contribution in [0.4, 0.5) is 4.39 Å². The zero-order chi connectivity index (χ0) is 14.4. The van der Waals surface area contributed by atoms with Gasteiger partial charge in [0.15, 0.2) is 0 Å². The topological polar surface area (TPSA) is 29.1 Å². The number of amides is 1. The molecule has 2 aromatic carbocycles. The average Bonchev–Trinajstić information content (AvgIpc) is 2.47. The summed E-state index contributed by atoms with van der Waals surface area (Å²) in [5.41, 5.74) is 1.30. The van der Waals surface area contributed by atoms with E-state index in [4.69, 9.17) is 0 Å². The molecule has 0 saturated heterocycles. The molecule has 20 heavy (non-hydrogen) atoms. The van der Waals surface area contributed by atoms with Gasteiger partial charge >= 0.3 is 0 Å². The molecule has 2 nitrogen and oxygen atoms in total. The van der Waals surface area contributed by atoms with Crippen LogP contribution in [-0.2, 0) is 6.42 Å². The van der Waals surface area contributed by atoms with Gasteiger partial charge in [0.05, 0.1) is 10.0 Å². The SMILES string of the molecule is O=C(NCCCc1ccccc1)c1cccc(Br)c1F. The molecule has 0 heterocycles. The Hall–Kier alpha value is -1.68. The predicted octanol–water partition coefficient (Wildman–Crippen LogP) is 3.95. The number of nitrogens with one attached hydrogen (secondary N) is 1. The van der Waals surface area contributed by atoms with Crippen molar-refractivity contribution < 1.29 is 9.18 Å². The van der Waals surface area contributed by atoms with E-state index in [0.717, 1.165) is 12.8 Å². The first-order chi connectivity index (χ1) is 9.68. The molecular weight excluding hydrogens is 321 g/mol. The van der Waals surface area contributed by atoms with Crippen LogP contribution in [0.25, 0.3) is 0 Å². The highest BCUT2D eigenvalue weighted by molar-refractivity contribution is 9.10. The molecule has 0 unspecified atom stereocenters. The number of carbonyl (C=O) groups is 1. The highest BCUT2D eigenvalue weighted by Gasteiger charge is 2.12. The number of carbonyl (C=O) groups excluding carboxylic acids is 1. The van der Waals surface area contributed by atoms with Gasteiger partial charge in [-0.25, -0.2) is 4.39 Å². The third-order valence-corrected chi connectivity index (χ3v) is 3.58. The summed E-state index contributed by atoms with van der Waals surface area (Å²) in [6.07, 6.45) is 1.72. The fraction of sp³-hybridized carbons (Fsp3) is 0.188. The van der Waals surface area contributed by atoms with Gasteiger partial charge in [0, 0.05) is 6.54 Å². The smallest absolute Gasteiger partial charge is 0.254 e. The van der Waals surface area contributed by atoms with E-state index in [0.29, 0.717) is 11.0 Å². The van der Waals surface area contributed by atoms with Crippen LogP contribution >= 0.6 is 15.9 Å². The molecule has 0 aliphatic rings. The van der Waals surface area contributed by atoms with Gasteiger partial charge in [-0.2, -0.15) is 0 Å². The summed E-state index contributed by atoms with van der Waals surface area (Å²) in [7, 11) is 0. The Morgan fingerprint density at radius 3 is 2.60 bits per heavy atom. The van der Waals surface area contributed by atoms with E-state index < -0.39 is 5.82 Å². The third kappa shape index (κ3) is 3.90. The van der Waals surface area contributed by atoms with Crippen LogP contribution in [0.15, 0.2) is 53.0 Å². The maximum atomic E-state index is 13.7. The third-order valence-electron chi connectivity index (χ3n) is 2.97. The molecule has 1 amide bonds. The molecule has 0 bridgehead atoms. The summed E-state index contributed by atoms with van der Waals surface area (Å²) >= 11 is 3.07. The Morgan fingerprint density at radius 2 is 1.85 bits per heavy atom. The van der Waals surface area contributed by atoms with Crippen LogP contribution in [0.1, 0.15) is 22.3 Å². The van der Waals surface area contributed by atoms with Crippen molar-refractivity contribution in [3.63, 3.8) is 0 Å². The van der Waals surface area contributed by atoms with Gasteiger partial charge in [-0.15, -0.1) is 0 Å². The first-order valence-corrected chi connectivity index (χ1v) is 7.24. The van der Waals surface area contributed by atoms with Crippen LogP contribution in [0.3, 0.4) is 0 Å². The second-order valence-corrected chi connectivity index (χ2v) is 5.30. The Labute approximate surface area is 126 Å².